The van der Waals surface area contributed by atoms with Gasteiger partial charge in [0.05, 0.1) is 16.8 Å². The molecule has 1 aromatic heterocycles. The number of pyridine rings is 1. The Morgan fingerprint density at radius 1 is 1.33 bits per heavy atom. The molecule has 0 spiro atoms. The van der Waals surface area contributed by atoms with E-state index >= 15 is 0 Å². The highest BCUT2D eigenvalue weighted by Crippen LogP contribution is 2.24. The molecule has 0 bridgehead atoms. The molecule has 0 aliphatic carbocycles. The lowest BCUT2D eigenvalue weighted by molar-refractivity contribution is -0.137. The van der Waals surface area contributed by atoms with Crippen molar-refractivity contribution in [2.45, 2.75) is 32.6 Å². The molecule has 126 valence electrons. The third kappa shape index (κ3) is 3.55. The maximum atomic E-state index is 12.9. The van der Waals surface area contributed by atoms with E-state index in [1.807, 2.05) is 42.2 Å². The van der Waals surface area contributed by atoms with Crippen LogP contribution in [0.25, 0.3) is 10.9 Å². The van der Waals surface area contributed by atoms with Gasteiger partial charge in [-0.1, -0.05) is 18.2 Å². The molecule has 1 aliphatic heterocycles. The number of nitrogens with zero attached hydrogens (tertiary/aromatic N) is 2. The summed E-state index contributed by atoms with van der Waals surface area (Å²) >= 11 is 0. The van der Waals surface area contributed by atoms with Crippen LogP contribution in [0.4, 0.5) is 0 Å². The van der Waals surface area contributed by atoms with Gasteiger partial charge in [0.15, 0.2) is 0 Å². The molecular formula is C19H22N2O3. The summed E-state index contributed by atoms with van der Waals surface area (Å²) in [5.74, 6) is -0.494. The smallest absolute Gasteiger partial charge is 0.303 e. The highest BCUT2D eigenvalue weighted by molar-refractivity contribution is 5.98. The lowest BCUT2D eigenvalue weighted by Crippen LogP contribution is -2.40. The van der Waals surface area contributed by atoms with E-state index in [2.05, 4.69) is 4.98 Å². The largest absolute Gasteiger partial charge is 0.481 e. The minimum absolute atomic E-state index is 0.00535. The van der Waals surface area contributed by atoms with E-state index in [0.717, 1.165) is 36.0 Å². The van der Waals surface area contributed by atoms with Gasteiger partial charge in [-0.15, -0.1) is 0 Å². The predicted octanol–water partition coefficient (Wildman–Crippen LogP) is 3.26. The summed E-state index contributed by atoms with van der Waals surface area (Å²) in [5, 5.41) is 9.81. The molecule has 5 heteroatoms. The molecule has 1 N–H and O–H groups in total. The van der Waals surface area contributed by atoms with Crippen LogP contribution in [0.1, 0.15) is 41.7 Å². The topological polar surface area (TPSA) is 70.5 Å². The third-order valence-corrected chi connectivity index (χ3v) is 4.72. The molecule has 24 heavy (non-hydrogen) atoms. The Labute approximate surface area is 141 Å². The number of amides is 1. The van der Waals surface area contributed by atoms with Crippen LogP contribution in [0, 0.1) is 12.8 Å². The molecule has 2 aromatic rings. The summed E-state index contributed by atoms with van der Waals surface area (Å²) < 4.78 is 0. The molecule has 1 fully saturated rings. The minimum atomic E-state index is -0.770. The van der Waals surface area contributed by atoms with Crippen molar-refractivity contribution in [1.29, 1.82) is 0 Å². The molecule has 5 nitrogen and oxygen atoms in total. The van der Waals surface area contributed by atoms with Gasteiger partial charge in [-0.2, -0.15) is 0 Å². The Morgan fingerprint density at radius 3 is 2.92 bits per heavy atom. The van der Waals surface area contributed by atoms with Crippen molar-refractivity contribution in [3.05, 3.63) is 41.6 Å². The van der Waals surface area contributed by atoms with Crippen LogP contribution in [0.3, 0.4) is 0 Å². The first-order chi connectivity index (χ1) is 11.5. The SMILES string of the molecule is Cc1nc2ccccc2cc1C(=O)N1CCCC(CCC(=O)O)C1. The van der Waals surface area contributed by atoms with Gasteiger partial charge in [0.2, 0.25) is 0 Å². The number of carboxylic acid groups (broad SMARTS) is 1. The van der Waals surface area contributed by atoms with Crippen LogP contribution in [-0.4, -0.2) is 40.0 Å². The zero-order chi connectivity index (χ0) is 17.1. The lowest BCUT2D eigenvalue weighted by atomic mass is 9.93. The molecule has 0 radical (unpaired) electrons. The Balaban J connectivity index is 1.78. The summed E-state index contributed by atoms with van der Waals surface area (Å²) in [6, 6.07) is 9.70. The van der Waals surface area contributed by atoms with Gasteiger partial charge in [-0.25, -0.2) is 0 Å². The molecule has 3 rings (SSSR count). The van der Waals surface area contributed by atoms with E-state index in [-0.39, 0.29) is 18.2 Å². The van der Waals surface area contributed by atoms with E-state index in [4.69, 9.17) is 5.11 Å². The molecule has 1 atom stereocenters. The number of benzene rings is 1. The summed E-state index contributed by atoms with van der Waals surface area (Å²) in [6.07, 6.45) is 2.72. The van der Waals surface area contributed by atoms with E-state index < -0.39 is 5.97 Å². The molecule has 1 aliphatic rings. The molecule has 1 amide bonds. The van der Waals surface area contributed by atoms with Crippen LogP contribution < -0.4 is 0 Å². The second kappa shape index (κ2) is 6.99. The van der Waals surface area contributed by atoms with E-state index in [1.165, 1.54) is 0 Å². The number of rotatable bonds is 4. The number of carboxylic acids is 1. The number of likely N-dealkylation sites (tertiary alicyclic amines) is 1. The van der Waals surface area contributed by atoms with Crippen molar-refractivity contribution in [2.24, 2.45) is 5.92 Å². The van der Waals surface area contributed by atoms with Gasteiger partial charge in [0.1, 0.15) is 0 Å². The van der Waals surface area contributed by atoms with Gasteiger partial charge < -0.3 is 10.0 Å². The Hall–Kier alpha value is -2.43. The summed E-state index contributed by atoms with van der Waals surface area (Å²) in [6.45, 7) is 3.23. The van der Waals surface area contributed by atoms with Crippen molar-refractivity contribution >= 4 is 22.8 Å². The molecule has 2 heterocycles. The normalized spacial score (nSPS) is 17.9. The Kier molecular flexibility index (Phi) is 4.79. The average molecular weight is 326 g/mol. The predicted molar refractivity (Wildman–Crippen MR) is 92.0 cm³/mol. The molecule has 0 saturated carbocycles. The summed E-state index contributed by atoms with van der Waals surface area (Å²) in [4.78, 5) is 30.1. The summed E-state index contributed by atoms with van der Waals surface area (Å²) in [5.41, 5.74) is 2.28. The maximum absolute atomic E-state index is 12.9. The van der Waals surface area contributed by atoms with Crippen LogP contribution >= 0.6 is 0 Å². The average Bonchev–Trinajstić information content (AvgIpc) is 2.59. The van der Waals surface area contributed by atoms with Gasteiger partial charge >= 0.3 is 5.97 Å². The number of carbonyl (C=O) groups excluding carboxylic acids is 1. The fourth-order valence-corrected chi connectivity index (χ4v) is 3.41. The first kappa shape index (κ1) is 16.4. The number of piperidine rings is 1. The van der Waals surface area contributed by atoms with Gasteiger partial charge in [-0.3, -0.25) is 14.6 Å². The van der Waals surface area contributed by atoms with Crippen molar-refractivity contribution in [1.82, 2.24) is 9.88 Å². The quantitative estimate of drug-likeness (QED) is 0.936. The van der Waals surface area contributed by atoms with E-state index in [0.29, 0.717) is 18.5 Å². The second-order valence-electron chi connectivity index (χ2n) is 6.51. The molecular weight excluding hydrogens is 304 g/mol. The number of carbonyl (C=O) groups is 2. The third-order valence-electron chi connectivity index (χ3n) is 4.72. The number of aryl methyl sites for hydroxylation is 1. The number of fused-ring (bicyclic) bond motifs is 1. The Bertz CT molecular complexity index is 772. The first-order valence-electron chi connectivity index (χ1n) is 8.42. The van der Waals surface area contributed by atoms with Crippen LogP contribution in [0.15, 0.2) is 30.3 Å². The zero-order valence-electron chi connectivity index (χ0n) is 13.9. The molecule has 1 aromatic carbocycles. The standard InChI is InChI=1S/C19H22N2O3/c1-13-16(11-15-6-2-3-7-17(15)20-13)19(24)21-10-4-5-14(12-21)8-9-18(22)23/h2-3,6-7,11,14H,4-5,8-10,12H2,1H3,(H,22,23). The van der Waals surface area contributed by atoms with E-state index in [1.54, 1.807) is 0 Å². The van der Waals surface area contributed by atoms with Crippen molar-refractivity contribution in [3.8, 4) is 0 Å². The zero-order valence-corrected chi connectivity index (χ0v) is 13.9. The van der Waals surface area contributed by atoms with Crippen molar-refractivity contribution in [2.75, 3.05) is 13.1 Å². The first-order valence-corrected chi connectivity index (χ1v) is 8.42. The summed E-state index contributed by atoms with van der Waals surface area (Å²) in [7, 11) is 0. The number of hydrogen-bond donors (Lipinski definition) is 1. The van der Waals surface area contributed by atoms with Crippen LogP contribution in [-0.2, 0) is 4.79 Å². The maximum Gasteiger partial charge on any atom is 0.303 e. The van der Waals surface area contributed by atoms with Crippen LogP contribution in [0.2, 0.25) is 0 Å². The van der Waals surface area contributed by atoms with Gasteiger partial charge in [-0.05, 0) is 44.2 Å². The fourth-order valence-electron chi connectivity index (χ4n) is 3.41. The highest BCUT2D eigenvalue weighted by Gasteiger charge is 2.26. The highest BCUT2D eigenvalue weighted by atomic mass is 16.4. The van der Waals surface area contributed by atoms with Crippen LogP contribution in [0.5, 0.6) is 0 Å². The van der Waals surface area contributed by atoms with Crippen molar-refractivity contribution < 1.29 is 14.7 Å². The lowest BCUT2D eigenvalue weighted by Gasteiger charge is -2.33. The Morgan fingerprint density at radius 2 is 2.12 bits per heavy atom. The number of para-hydroxylation sites is 1. The molecule has 1 saturated heterocycles. The fraction of sp³-hybridized carbons (Fsp3) is 0.421. The molecule has 1 unspecified atom stereocenters. The number of aliphatic carboxylic acids is 1. The van der Waals surface area contributed by atoms with Gasteiger partial charge in [0, 0.05) is 24.9 Å². The minimum Gasteiger partial charge on any atom is -0.481 e. The van der Waals surface area contributed by atoms with Gasteiger partial charge in [0.25, 0.3) is 5.91 Å². The monoisotopic (exact) mass is 326 g/mol. The number of aromatic nitrogens is 1. The second-order valence-corrected chi connectivity index (χ2v) is 6.51. The van der Waals surface area contributed by atoms with E-state index in [9.17, 15) is 9.59 Å². The van der Waals surface area contributed by atoms with Crippen molar-refractivity contribution in [3.63, 3.8) is 0 Å². The number of hydrogen-bond acceptors (Lipinski definition) is 3.